The molecule has 2 aromatic carbocycles. The lowest BCUT2D eigenvalue weighted by atomic mass is 10.1. The van der Waals surface area contributed by atoms with Gasteiger partial charge in [0.25, 0.3) is 5.91 Å². The minimum Gasteiger partial charge on any atom is -0.268 e. The first kappa shape index (κ1) is 18.1. The van der Waals surface area contributed by atoms with Gasteiger partial charge in [-0.2, -0.15) is 10.2 Å². The summed E-state index contributed by atoms with van der Waals surface area (Å²) in [4.78, 5) is 12.2. The molecule has 0 aliphatic carbocycles. The topological polar surface area (TPSA) is 59.3 Å². The van der Waals surface area contributed by atoms with E-state index in [1.807, 2.05) is 62.4 Å². The van der Waals surface area contributed by atoms with E-state index in [2.05, 4.69) is 31.6 Å². The van der Waals surface area contributed by atoms with E-state index in [4.69, 9.17) is 0 Å². The van der Waals surface area contributed by atoms with Gasteiger partial charge < -0.3 is 0 Å². The number of carbonyl (C=O) groups excluding carboxylic acids is 1. The van der Waals surface area contributed by atoms with Gasteiger partial charge in [-0.25, -0.2) is 5.43 Å². The highest BCUT2D eigenvalue weighted by Gasteiger charge is 2.09. The zero-order valence-electron chi connectivity index (χ0n) is 14.6. The molecule has 3 aromatic rings. The monoisotopic (exact) mass is 410 g/mol. The summed E-state index contributed by atoms with van der Waals surface area (Å²) in [5.74, 6) is -0.328. The van der Waals surface area contributed by atoms with Crippen molar-refractivity contribution in [2.45, 2.75) is 20.4 Å². The predicted octanol–water partition coefficient (Wildman–Crippen LogP) is 4.16. The van der Waals surface area contributed by atoms with E-state index in [1.54, 1.807) is 16.9 Å². The molecule has 0 aliphatic rings. The number of nitrogens with one attached hydrogen (secondary N) is 1. The molecule has 1 N–H and O–H groups in total. The fraction of sp³-hybridized carbons (Fsp3) is 0.150. The highest BCUT2D eigenvalue weighted by Crippen LogP contribution is 2.11. The maximum Gasteiger partial charge on any atom is 0.291 e. The first-order valence-electron chi connectivity index (χ1n) is 8.21. The van der Waals surface area contributed by atoms with Crippen LogP contribution in [0.3, 0.4) is 0 Å². The summed E-state index contributed by atoms with van der Waals surface area (Å²) in [6.45, 7) is 4.49. The van der Waals surface area contributed by atoms with Crippen LogP contribution in [0, 0.1) is 6.92 Å². The molecule has 26 heavy (non-hydrogen) atoms. The first-order valence-corrected chi connectivity index (χ1v) is 9.00. The Kier molecular flexibility index (Phi) is 5.63. The third kappa shape index (κ3) is 4.67. The normalized spacial score (nSPS) is 11.4. The van der Waals surface area contributed by atoms with E-state index >= 15 is 0 Å². The number of aryl methyl sites for hydroxylation is 1. The molecule has 0 radical (unpaired) electrons. The van der Waals surface area contributed by atoms with E-state index in [0.717, 1.165) is 21.3 Å². The van der Waals surface area contributed by atoms with Crippen molar-refractivity contribution in [2.24, 2.45) is 5.10 Å². The summed E-state index contributed by atoms with van der Waals surface area (Å²) in [5, 5.41) is 8.48. The number of aromatic nitrogens is 2. The summed E-state index contributed by atoms with van der Waals surface area (Å²) in [5.41, 5.74) is 6.90. The SMILES string of the molecule is CC(=NNC(=O)c1ccn(Cc2ccc(Br)cc2)n1)c1ccc(C)cc1. The maximum atomic E-state index is 12.2. The van der Waals surface area contributed by atoms with E-state index < -0.39 is 0 Å². The van der Waals surface area contributed by atoms with Crippen molar-refractivity contribution >= 4 is 27.5 Å². The van der Waals surface area contributed by atoms with E-state index in [9.17, 15) is 4.79 Å². The summed E-state index contributed by atoms with van der Waals surface area (Å²) in [6.07, 6.45) is 1.79. The smallest absolute Gasteiger partial charge is 0.268 e. The number of carbonyl (C=O) groups is 1. The van der Waals surface area contributed by atoms with Crippen molar-refractivity contribution in [3.8, 4) is 0 Å². The molecule has 0 saturated heterocycles. The Labute approximate surface area is 160 Å². The fourth-order valence-corrected chi connectivity index (χ4v) is 2.66. The van der Waals surface area contributed by atoms with Gasteiger partial charge in [-0.3, -0.25) is 9.48 Å². The van der Waals surface area contributed by atoms with Crippen LogP contribution >= 0.6 is 15.9 Å². The van der Waals surface area contributed by atoms with Gasteiger partial charge in [-0.15, -0.1) is 0 Å². The van der Waals surface area contributed by atoms with Crippen LogP contribution < -0.4 is 5.43 Å². The van der Waals surface area contributed by atoms with Crippen molar-refractivity contribution in [1.29, 1.82) is 0 Å². The molecule has 0 aliphatic heterocycles. The number of benzene rings is 2. The van der Waals surface area contributed by atoms with Crippen LogP contribution in [0.25, 0.3) is 0 Å². The lowest BCUT2D eigenvalue weighted by molar-refractivity contribution is 0.0949. The molecule has 0 bridgehead atoms. The van der Waals surface area contributed by atoms with Gasteiger partial charge in [0.15, 0.2) is 5.69 Å². The third-order valence-corrected chi connectivity index (χ3v) is 4.45. The van der Waals surface area contributed by atoms with Crippen LogP contribution in [0.2, 0.25) is 0 Å². The first-order chi connectivity index (χ1) is 12.5. The van der Waals surface area contributed by atoms with Gasteiger partial charge in [-0.05, 0) is 43.2 Å². The van der Waals surface area contributed by atoms with Crippen molar-refractivity contribution in [1.82, 2.24) is 15.2 Å². The molecular weight excluding hydrogens is 392 g/mol. The van der Waals surface area contributed by atoms with Gasteiger partial charge in [0.05, 0.1) is 12.3 Å². The zero-order valence-corrected chi connectivity index (χ0v) is 16.2. The molecular formula is C20H19BrN4O. The quantitative estimate of drug-likeness (QED) is 0.507. The molecule has 132 valence electrons. The second-order valence-corrected chi connectivity index (χ2v) is 6.94. The number of hydrogen-bond donors (Lipinski definition) is 1. The number of hydrogen-bond acceptors (Lipinski definition) is 3. The minimum absolute atomic E-state index is 0.328. The Balaban J connectivity index is 1.63. The number of nitrogens with zero attached hydrogens (tertiary/aromatic N) is 3. The van der Waals surface area contributed by atoms with Crippen molar-refractivity contribution in [2.75, 3.05) is 0 Å². The standard InChI is InChI=1S/C20H19BrN4O/c1-14-3-7-17(8-4-14)15(2)22-23-20(26)19-11-12-25(24-19)13-16-5-9-18(21)10-6-16/h3-12H,13H2,1-2H3,(H,23,26). The number of hydrazone groups is 1. The fourth-order valence-electron chi connectivity index (χ4n) is 2.40. The average molecular weight is 411 g/mol. The molecule has 1 heterocycles. The second kappa shape index (κ2) is 8.10. The number of halogens is 1. The van der Waals surface area contributed by atoms with Gasteiger partial charge in [0.2, 0.25) is 0 Å². The van der Waals surface area contributed by atoms with Crippen LogP contribution in [-0.4, -0.2) is 21.4 Å². The summed E-state index contributed by atoms with van der Waals surface area (Å²) in [6, 6.07) is 17.7. The molecule has 5 nitrogen and oxygen atoms in total. The van der Waals surface area contributed by atoms with Crippen LogP contribution in [0.5, 0.6) is 0 Å². The Hall–Kier alpha value is -2.73. The summed E-state index contributed by atoms with van der Waals surface area (Å²) in [7, 11) is 0. The Bertz CT molecular complexity index is 927. The number of amides is 1. The lowest BCUT2D eigenvalue weighted by Gasteiger charge is -2.03. The summed E-state index contributed by atoms with van der Waals surface area (Å²) < 4.78 is 2.76. The van der Waals surface area contributed by atoms with E-state index in [-0.39, 0.29) is 5.91 Å². The van der Waals surface area contributed by atoms with Gasteiger partial charge in [0.1, 0.15) is 0 Å². The third-order valence-electron chi connectivity index (χ3n) is 3.93. The van der Waals surface area contributed by atoms with Crippen molar-refractivity contribution in [3.05, 3.63) is 87.7 Å². The summed E-state index contributed by atoms with van der Waals surface area (Å²) >= 11 is 3.42. The molecule has 3 rings (SSSR count). The second-order valence-electron chi connectivity index (χ2n) is 6.03. The van der Waals surface area contributed by atoms with Crippen LogP contribution in [-0.2, 0) is 6.54 Å². The van der Waals surface area contributed by atoms with Gasteiger partial charge in [0, 0.05) is 10.7 Å². The molecule has 0 atom stereocenters. The van der Waals surface area contributed by atoms with E-state index in [1.165, 1.54) is 5.56 Å². The van der Waals surface area contributed by atoms with Crippen LogP contribution in [0.15, 0.2) is 70.4 Å². The minimum atomic E-state index is -0.328. The molecule has 0 fully saturated rings. The average Bonchev–Trinajstić information content (AvgIpc) is 3.10. The highest BCUT2D eigenvalue weighted by atomic mass is 79.9. The lowest BCUT2D eigenvalue weighted by Crippen LogP contribution is -2.20. The molecule has 1 aromatic heterocycles. The van der Waals surface area contributed by atoms with Crippen LogP contribution in [0.1, 0.15) is 34.1 Å². The predicted molar refractivity (Wildman–Crippen MR) is 106 cm³/mol. The van der Waals surface area contributed by atoms with Gasteiger partial charge in [-0.1, -0.05) is 57.9 Å². The van der Waals surface area contributed by atoms with Crippen molar-refractivity contribution < 1.29 is 4.79 Å². The maximum absolute atomic E-state index is 12.2. The van der Waals surface area contributed by atoms with Gasteiger partial charge >= 0.3 is 0 Å². The Morgan fingerprint density at radius 3 is 2.50 bits per heavy atom. The van der Waals surface area contributed by atoms with E-state index in [0.29, 0.717) is 12.2 Å². The number of rotatable bonds is 5. The van der Waals surface area contributed by atoms with Crippen molar-refractivity contribution in [3.63, 3.8) is 0 Å². The zero-order chi connectivity index (χ0) is 18.5. The van der Waals surface area contributed by atoms with Crippen LogP contribution in [0.4, 0.5) is 0 Å². The molecule has 0 spiro atoms. The highest BCUT2D eigenvalue weighted by molar-refractivity contribution is 9.10. The molecule has 0 saturated carbocycles. The Morgan fingerprint density at radius 1 is 1.12 bits per heavy atom. The largest absolute Gasteiger partial charge is 0.291 e. The molecule has 0 unspecified atom stereocenters. The Morgan fingerprint density at radius 2 is 1.81 bits per heavy atom. The molecule has 6 heteroatoms. The molecule has 1 amide bonds.